The van der Waals surface area contributed by atoms with Crippen molar-refractivity contribution in [3.05, 3.63) is 62.7 Å². The van der Waals surface area contributed by atoms with E-state index in [2.05, 4.69) is 52.7 Å². The van der Waals surface area contributed by atoms with Gasteiger partial charge in [-0.15, -0.1) is 0 Å². The lowest BCUT2D eigenvalue weighted by atomic mass is 10.0. The van der Waals surface area contributed by atoms with Crippen LogP contribution in [0.1, 0.15) is 25.0 Å². The van der Waals surface area contributed by atoms with Gasteiger partial charge in [-0.3, -0.25) is 4.79 Å². The van der Waals surface area contributed by atoms with Crippen LogP contribution in [-0.2, 0) is 16.0 Å². The number of anilines is 1. The lowest BCUT2D eigenvalue weighted by Gasteiger charge is -2.18. The summed E-state index contributed by atoms with van der Waals surface area (Å²) in [6.07, 6.45) is 3.02. The summed E-state index contributed by atoms with van der Waals surface area (Å²) in [6.45, 7) is 4.15. The third kappa shape index (κ3) is 7.32. The van der Waals surface area contributed by atoms with Crippen molar-refractivity contribution < 1.29 is 14.3 Å². The first-order valence-electron chi connectivity index (χ1n) is 11.1. The molecule has 0 bridgehead atoms. The first-order valence-corrected chi connectivity index (χ1v) is 12.7. The van der Waals surface area contributed by atoms with Crippen molar-refractivity contribution in [2.75, 3.05) is 25.6 Å². The van der Waals surface area contributed by atoms with Crippen molar-refractivity contribution >= 4 is 66.7 Å². The summed E-state index contributed by atoms with van der Waals surface area (Å²) < 4.78 is 7.00. The van der Waals surface area contributed by atoms with Crippen molar-refractivity contribution in [3.63, 3.8) is 0 Å². The van der Waals surface area contributed by atoms with Crippen LogP contribution in [0.5, 0.6) is 0 Å². The molecule has 0 aliphatic heterocycles. The van der Waals surface area contributed by atoms with Gasteiger partial charge in [-0.05, 0) is 67.1 Å². The molecule has 1 atom stereocenters. The molecule has 0 saturated heterocycles. The van der Waals surface area contributed by atoms with E-state index in [9.17, 15) is 9.59 Å². The van der Waals surface area contributed by atoms with Crippen LogP contribution in [0.3, 0.4) is 0 Å². The lowest BCUT2D eigenvalue weighted by Crippen LogP contribution is -2.47. The van der Waals surface area contributed by atoms with Crippen LogP contribution in [0.15, 0.2) is 56.6 Å². The van der Waals surface area contributed by atoms with Crippen molar-refractivity contribution in [3.8, 4) is 0 Å². The molecule has 3 aromatic rings. The number of fused-ring (bicyclic) bond motifs is 1. The summed E-state index contributed by atoms with van der Waals surface area (Å²) in [4.78, 5) is 30.5. The van der Waals surface area contributed by atoms with E-state index >= 15 is 0 Å². The number of nitrogens with one attached hydrogen (secondary N) is 3. The van der Waals surface area contributed by atoms with Gasteiger partial charge in [0, 0.05) is 46.6 Å². The molecule has 3 rings (SSSR count). The summed E-state index contributed by atoms with van der Waals surface area (Å²) in [5, 5.41) is 7.78. The summed E-state index contributed by atoms with van der Waals surface area (Å²) in [5.41, 5.74) is 6.19. The molecule has 186 valence electrons. The van der Waals surface area contributed by atoms with Crippen LogP contribution in [-0.4, -0.2) is 49.9 Å². The number of aromatic amines is 1. The molecule has 2 aromatic carbocycles. The van der Waals surface area contributed by atoms with Gasteiger partial charge in [0.05, 0.1) is 18.5 Å². The SMILES string of the molecule is CC(C)COC(=O)N[C@H](Cc1c[nH]c2ccccc12)C(=O)N/N=C\c1cc(Br)c(N(C)C)c(Br)c1. The Kier molecular flexibility index (Phi) is 9.33. The Labute approximate surface area is 221 Å². The molecule has 0 unspecified atom stereocenters. The molecule has 10 heteroatoms. The van der Waals surface area contributed by atoms with Crippen LogP contribution in [0.25, 0.3) is 10.9 Å². The predicted octanol–water partition coefficient (Wildman–Crippen LogP) is 5.20. The Bertz CT molecular complexity index is 1200. The van der Waals surface area contributed by atoms with E-state index in [4.69, 9.17) is 4.74 Å². The quantitative estimate of drug-likeness (QED) is 0.230. The lowest BCUT2D eigenvalue weighted by molar-refractivity contribution is -0.123. The second kappa shape index (κ2) is 12.2. The van der Waals surface area contributed by atoms with E-state index in [-0.39, 0.29) is 18.9 Å². The average Bonchev–Trinajstić information content (AvgIpc) is 3.19. The molecule has 2 amide bonds. The zero-order valence-corrected chi connectivity index (χ0v) is 23.2. The summed E-state index contributed by atoms with van der Waals surface area (Å²) in [7, 11) is 3.90. The molecule has 0 aliphatic carbocycles. The van der Waals surface area contributed by atoms with Crippen LogP contribution in [0.2, 0.25) is 0 Å². The van der Waals surface area contributed by atoms with E-state index in [1.54, 1.807) is 6.21 Å². The Hall–Kier alpha value is -2.85. The number of benzene rings is 2. The smallest absolute Gasteiger partial charge is 0.407 e. The molecule has 1 heterocycles. The largest absolute Gasteiger partial charge is 0.449 e. The maximum atomic E-state index is 13.0. The van der Waals surface area contributed by atoms with Crippen LogP contribution in [0.4, 0.5) is 10.5 Å². The number of halogens is 2. The van der Waals surface area contributed by atoms with Gasteiger partial charge < -0.3 is 19.9 Å². The maximum absolute atomic E-state index is 13.0. The molecule has 0 aliphatic rings. The standard InChI is InChI=1S/C25H29Br2N5O3/c1-15(2)14-35-25(34)30-22(11-17-13-28-21-8-6-5-7-18(17)21)24(33)31-29-12-16-9-19(26)23(32(3)4)20(27)10-16/h5-10,12-13,15,22,28H,11,14H2,1-4H3,(H,30,34)(H,31,33)/b29-12-/t22-/m1/s1. The second-order valence-corrected chi connectivity index (χ2v) is 10.4. The van der Waals surface area contributed by atoms with Gasteiger partial charge in [0.2, 0.25) is 0 Å². The Morgan fingerprint density at radius 3 is 2.51 bits per heavy atom. The number of H-pyrrole nitrogens is 1. The number of hydrogen-bond acceptors (Lipinski definition) is 5. The molecule has 35 heavy (non-hydrogen) atoms. The Morgan fingerprint density at radius 2 is 1.86 bits per heavy atom. The topological polar surface area (TPSA) is 98.8 Å². The zero-order chi connectivity index (χ0) is 25.5. The van der Waals surface area contributed by atoms with E-state index < -0.39 is 18.0 Å². The molecular formula is C25H29Br2N5O3. The molecule has 0 radical (unpaired) electrons. The summed E-state index contributed by atoms with van der Waals surface area (Å²) >= 11 is 7.12. The number of para-hydroxylation sites is 1. The monoisotopic (exact) mass is 605 g/mol. The first-order chi connectivity index (χ1) is 16.7. The van der Waals surface area contributed by atoms with Gasteiger partial charge in [-0.1, -0.05) is 32.0 Å². The molecule has 3 N–H and O–H groups in total. The molecule has 1 aromatic heterocycles. The normalized spacial score (nSPS) is 12.2. The van der Waals surface area contributed by atoms with Crippen molar-refractivity contribution in [1.29, 1.82) is 0 Å². The number of hydrogen-bond donors (Lipinski definition) is 3. The number of rotatable bonds is 9. The fraction of sp³-hybridized carbons (Fsp3) is 0.320. The van der Waals surface area contributed by atoms with Gasteiger partial charge in [-0.25, -0.2) is 10.2 Å². The van der Waals surface area contributed by atoms with E-state index in [1.165, 1.54) is 0 Å². The number of ether oxygens (including phenoxy) is 1. The molecular weight excluding hydrogens is 578 g/mol. The molecule has 0 saturated carbocycles. The van der Waals surface area contributed by atoms with Gasteiger partial charge in [-0.2, -0.15) is 5.10 Å². The van der Waals surface area contributed by atoms with Gasteiger partial charge >= 0.3 is 6.09 Å². The highest BCUT2D eigenvalue weighted by molar-refractivity contribution is 9.11. The molecule has 8 nitrogen and oxygen atoms in total. The number of hydrazone groups is 1. The Balaban J connectivity index is 1.75. The first kappa shape index (κ1) is 26.7. The van der Waals surface area contributed by atoms with Crippen molar-refractivity contribution in [1.82, 2.24) is 15.7 Å². The summed E-state index contributed by atoms with van der Waals surface area (Å²) in [6, 6.07) is 10.7. The second-order valence-electron chi connectivity index (χ2n) is 8.71. The van der Waals surface area contributed by atoms with Gasteiger partial charge in [0.15, 0.2) is 0 Å². The van der Waals surface area contributed by atoms with Crippen LogP contribution >= 0.6 is 31.9 Å². The molecule has 0 fully saturated rings. The van der Waals surface area contributed by atoms with E-state index in [0.717, 1.165) is 36.7 Å². The number of carbonyl (C=O) groups is 2. The number of aromatic nitrogens is 1. The van der Waals surface area contributed by atoms with E-state index in [1.807, 2.05) is 75.4 Å². The number of alkyl carbamates (subject to hydrolysis) is 1. The van der Waals surface area contributed by atoms with Crippen LogP contribution < -0.4 is 15.6 Å². The maximum Gasteiger partial charge on any atom is 0.407 e. The van der Waals surface area contributed by atoms with Crippen molar-refractivity contribution in [2.45, 2.75) is 26.3 Å². The fourth-order valence-corrected chi connectivity index (χ4v) is 5.42. The molecule has 0 spiro atoms. The third-order valence-corrected chi connectivity index (χ3v) is 6.34. The average molecular weight is 607 g/mol. The zero-order valence-electron chi connectivity index (χ0n) is 20.1. The fourth-order valence-electron chi connectivity index (χ4n) is 3.49. The van der Waals surface area contributed by atoms with E-state index in [0.29, 0.717) is 0 Å². The third-order valence-electron chi connectivity index (χ3n) is 5.13. The highest BCUT2D eigenvalue weighted by atomic mass is 79.9. The highest BCUT2D eigenvalue weighted by Gasteiger charge is 2.23. The van der Waals surface area contributed by atoms with Crippen LogP contribution in [0, 0.1) is 5.92 Å². The highest BCUT2D eigenvalue weighted by Crippen LogP contribution is 2.33. The number of amides is 2. The number of nitrogens with zero attached hydrogens (tertiary/aromatic N) is 2. The van der Waals surface area contributed by atoms with Crippen molar-refractivity contribution in [2.24, 2.45) is 11.0 Å². The summed E-state index contributed by atoms with van der Waals surface area (Å²) in [5.74, 6) is -0.264. The minimum Gasteiger partial charge on any atom is -0.449 e. The van der Waals surface area contributed by atoms with Gasteiger partial charge in [0.25, 0.3) is 5.91 Å². The van der Waals surface area contributed by atoms with Gasteiger partial charge in [0.1, 0.15) is 6.04 Å². The number of carbonyl (C=O) groups excluding carboxylic acids is 2. The Morgan fingerprint density at radius 1 is 1.17 bits per heavy atom. The minimum atomic E-state index is -0.874. The predicted molar refractivity (Wildman–Crippen MR) is 147 cm³/mol. The minimum absolute atomic E-state index is 0.184.